The average molecular weight is 277 g/mol. The summed E-state index contributed by atoms with van der Waals surface area (Å²) < 4.78 is 0. The number of pyridine rings is 1. The second kappa shape index (κ2) is 7.63. The van der Waals surface area contributed by atoms with Crippen molar-refractivity contribution in [3.63, 3.8) is 0 Å². The van der Waals surface area contributed by atoms with Gasteiger partial charge in [0.2, 0.25) is 0 Å². The highest BCUT2D eigenvalue weighted by Gasteiger charge is 2.15. The van der Waals surface area contributed by atoms with Crippen LogP contribution in [-0.4, -0.2) is 25.1 Å². The van der Waals surface area contributed by atoms with Crippen molar-refractivity contribution in [2.75, 3.05) is 25.0 Å². The van der Waals surface area contributed by atoms with Crippen LogP contribution in [0.25, 0.3) is 0 Å². The molecule has 0 radical (unpaired) electrons. The summed E-state index contributed by atoms with van der Waals surface area (Å²) in [5.41, 5.74) is 2.79. The van der Waals surface area contributed by atoms with E-state index in [-0.39, 0.29) is 5.41 Å². The van der Waals surface area contributed by atoms with Gasteiger partial charge in [-0.05, 0) is 42.5 Å². The Hall–Kier alpha value is -1.09. The van der Waals surface area contributed by atoms with E-state index in [0.717, 1.165) is 31.9 Å². The zero-order valence-corrected chi connectivity index (χ0v) is 14.1. The van der Waals surface area contributed by atoms with E-state index in [2.05, 4.69) is 64.0 Å². The number of rotatable bonds is 7. The fourth-order valence-corrected chi connectivity index (χ4v) is 2.31. The van der Waals surface area contributed by atoms with Gasteiger partial charge in [0.15, 0.2) is 0 Å². The molecule has 0 aromatic carbocycles. The molecule has 0 aliphatic carbocycles. The van der Waals surface area contributed by atoms with Crippen LogP contribution >= 0.6 is 0 Å². The molecule has 0 aliphatic rings. The zero-order chi connectivity index (χ0) is 15.2. The van der Waals surface area contributed by atoms with E-state index in [0.29, 0.717) is 0 Å². The molecule has 1 rings (SSSR count). The Kier molecular flexibility index (Phi) is 6.47. The maximum absolute atomic E-state index is 4.76. The second-order valence-electron chi connectivity index (χ2n) is 6.77. The molecule has 20 heavy (non-hydrogen) atoms. The number of nitrogens with zero attached hydrogens (tertiary/aromatic N) is 2. The summed E-state index contributed by atoms with van der Waals surface area (Å²) in [5, 5.41) is 3.47. The number of hydrogen-bond acceptors (Lipinski definition) is 3. The molecule has 0 spiro atoms. The minimum Gasteiger partial charge on any atom is -0.359 e. The van der Waals surface area contributed by atoms with Crippen LogP contribution < -0.4 is 10.2 Å². The van der Waals surface area contributed by atoms with Crippen LogP contribution in [0.4, 0.5) is 5.82 Å². The first-order chi connectivity index (χ1) is 9.35. The van der Waals surface area contributed by atoms with Crippen molar-refractivity contribution in [1.29, 1.82) is 0 Å². The predicted octanol–water partition coefficient (Wildman–Crippen LogP) is 3.63. The molecule has 0 amide bonds. The Labute approximate surface area is 124 Å². The zero-order valence-electron chi connectivity index (χ0n) is 14.1. The maximum Gasteiger partial charge on any atom is 0.128 e. The molecule has 3 heteroatoms. The SMILES string of the molecule is CCCNCc1cc(CC)nc(N(C)CC(C)(C)C)c1. The molecule has 1 aromatic rings. The molecular weight excluding hydrogens is 246 g/mol. The summed E-state index contributed by atoms with van der Waals surface area (Å²) >= 11 is 0. The van der Waals surface area contributed by atoms with E-state index in [4.69, 9.17) is 4.98 Å². The van der Waals surface area contributed by atoms with Crippen LogP contribution in [0.2, 0.25) is 0 Å². The monoisotopic (exact) mass is 277 g/mol. The molecule has 1 heterocycles. The van der Waals surface area contributed by atoms with Crippen LogP contribution in [0.15, 0.2) is 12.1 Å². The third-order valence-corrected chi connectivity index (χ3v) is 3.15. The highest BCUT2D eigenvalue weighted by atomic mass is 15.2. The number of hydrogen-bond donors (Lipinski definition) is 1. The Balaban J connectivity index is 2.86. The summed E-state index contributed by atoms with van der Waals surface area (Å²) in [5.74, 6) is 1.09. The highest BCUT2D eigenvalue weighted by molar-refractivity contribution is 5.42. The van der Waals surface area contributed by atoms with Gasteiger partial charge in [0.05, 0.1) is 0 Å². The van der Waals surface area contributed by atoms with Gasteiger partial charge in [0, 0.05) is 25.8 Å². The summed E-state index contributed by atoms with van der Waals surface area (Å²) in [7, 11) is 2.14. The van der Waals surface area contributed by atoms with Crippen molar-refractivity contribution in [2.24, 2.45) is 5.41 Å². The lowest BCUT2D eigenvalue weighted by molar-refractivity contribution is 0.417. The quantitative estimate of drug-likeness (QED) is 0.771. The first kappa shape index (κ1) is 17.0. The van der Waals surface area contributed by atoms with Crippen molar-refractivity contribution >= 4 is 5.82 Å². The van der Waals surface area contributed by atoms with Crippen LogP contribution in [0, 0.1) is 5.41 Å². The lowest BCUT2D eigenvalue weighted by Gasteiger charge is -2.28. The van der Waals surface area contributed by atoms with E-state index >= 15 is 0 Å². The molecule has 1 N–H and O–H groups in total. The molecule has 0 saturated carbocycles. The normalized spacial score (nSPS) is 11.7. The molecule has 3 nitrogen and oxygen atoms in total. The van der Waals surface area contributed by atoms with E-state index in [1.807, 2.05) is 0 Å². The molecule has 1 aromatic heterocycles. The van der Waals surface area contributed by atoms with Crippen LogP contribution in [0.5, 0.6) is 0 Å². The largest absolute Gasteiger partial charge is 0.359 e. The molecule has 0 atom stereocenters. The van der Waals surface area contributed by atoms with Crippen LogP contribution in [-0.2, 0) is 13.0 Å². The third-order valence-electron chi connectivity index (χ3n) is 3.15. The number of aromatic nitrogens is 1. The van der Waals surface area contributed by atoms with Gasteiger partial charge in [-0.3, -0.25) is 0 Å². The summed E-state index contributed by atoms with van der Waals surface area (Å²) in [6, 6.07) is 4.44. The number of anilines is 1. The van der Waals surface area contributed by atoms with Gasteiger partial charge >= 0.3 is 0 Å². The predicted molar refractivity (Wildman–Crippen MR) is 88.3 cm³/mol. The Morgan fingerprint density at radius 2 is 1.90 bits per heavy atom. The maximum atomic E-state index is 4.76. The van der Waals surface area contributed by atoms with E-state index < -0.39 is 0 Å². The Bertz CT molecular complexity index is 407. The molecule has 114 valence electrons. The van der Waals surface area contributed by atoms with E-state index in [9.17, 15) is 0 Å². The second-order valence-corrected chi connectivity index (χ2v) is 6.77. The van der Waals surface area contributed by atoms with E-state index in [1.54, 1.807) is 0 Å². The Morgan fingerprint density at radius 1 is 1.20 bits per heavy atom. The fraction of sp³-hybridized carbons (Fsp3) is 0.706. The van der Waals surface area contributed by atoms with Crippen LogP contribution in [0.1, 0.15) is 52.3 Å². The number of aryl methyl sites for hydroxylation is 1. The summed E-state index contributed by atoms with van der Waals surface area (Å²) in [4.78, 5) is 7.03. The van der Waals surface area contributed by atoms with Gasteiger partial charge in [-0.1, -0.05) is 34.6 Å². The van der Waals surface area contributed by atoms with Gasteiger partial charge in [-0.2, -0.15) is 0 Å². The van der Waals surface area contributed by atoms with E-state index in [1.165, 1.54) is 17.7 Å². The van der Waals surface area contributed by atoms with Gasteiger partial charge in [-0.25, -0.2) is 4.98 Å². The molecule has 0 saturated heterocycles. The molecule has 0 aliphatic heterocycles. The molecule has 0 fully saturated rings. The Morgan fingerprint density at radius 3 is 2.45 bits per heavy atom. The summed E-state index contributed by atoms with van der Waals surface area (Å²) in [6.07, 6.45) is 2.15. The van der Waals surface area contributed by atoms with Gasteiger partial charge in [-0.15, -0.1) is 0 Å². The van der Waals surface area contributed by atoms with Crippen molar-refractivity contribution in [3.8, 4) is 0 Å². The van der Waals surface area contributed by atoms with Gasteiger partial charge in [0.1, 0.15) is 5.82 Å². The topological polar surface area (TPSA) is 28.2 Å². The first-order valence-electron chi connectivity index (χ1n) is 7.77. The molecule has 0 bridgehead atoms. The minimum atomic E-state index is 0.277. The van der Waals surface area contributed by atoms with Crippen molar-refractivity contribution in [1.82, 2.24) is 10.3 Å². The lowest BCUT2D eigenvalue weighted by Crippen LogP contribution is -2.30. The summed E-state index contributed by atoms with van der Waals surface area (Å²) in [6.45, 7) is 14.1. The van der Waals surface area contributed by atoms with Crippen molar-refractivity contribution in [2.45, 2.75) is 54.0 Å². The molecular formula is C17H31N3. The minimum absolute atomic E-state index is 0.277. The average Bonchev–Trinajstić information content (AvgIpc) is 2.36. The first-order valence-corrected chi connectivity index (χ1v) is 7.77. The van der Waals surface area contributed by atoms with Gasteiger partial charge < -0.3 is 10.2 Å². The van der Waals surface area contributed by atoms with Crippen molar-refractivity contribution < 1.29 is 0 Å². The third kappa shape index (κ3) is 5.91. The highest BCUT2D eigenvalue weighted by Crippen LogP contribution is 2.20. The fourth-order valence-electron chi connectivity index (χ4n) is 2.31. The number of nitrogens with one attached hydrogen (secondary N) is 1. The van der Waals surface area contributed by atoms with Crippen LogP contribution in [0.3, 0.4) is 0 Å². The smallest absolute Gasteiger partial charge is 0.128 e. The van der Waals surface area contributed by atoms with Crippen molar-refractivity contribution in [3.05, 3.63) is 23.4 Å². The van der Waals surface area contributed by atoms with Gasteiger partial charge in [0.25, 0.3) is 0 Å². The lowest BCUT2D eigenvalue weighted by atomic mass is 9.96. The standard InChI is InChI=1S/C17H31N3/c1-7-9-18-12-14-10-15(8-2)19-16(11-14)20(6)13-17(3,4)5/h10-11,18H,7-9,12-13H2,1-6H3. The molecule has 0 unspecified atom stereocenters.